The van der Waals surface area contributed by atoms with Gasteiger partial charge in [-0.05, 0) is 25.7 Å². The van der Waals surface area contributed by atoms with Gasteiger partial charge in [0.1, 0.15) is 0 Å². The van der Waals surface area contributed by atoms with Gasteiger partial charge in [0.2, 0.25) is 16.0 Å². The molecule has 2 rings (SSSR count). The first-order valence-electron chi connectivity index (χ1n) is 6.18. The van der Waals surface area contributed by atoms with Gasteiger partial charge in [-0.1, -0.05) is 6.92 Å². The average Bonchev–Trinajstić information content (AvgIpc) is 2.71. The number of sulfonamides is 1. The fraction of sp³-hybridized carbons (Fsp3) is 0.727. The molecule has 0 saturated carbocycles. The topological polar surface area (TPSA) is 55.2 Å². The van der Waals surface area contributed by atoms with Gasteiger partial charge < -0.3 is 0 Å². The third-order valence-electron chi connectivity index (χ3n) is 3.28. The summed E-state index contributed by atoms with van der Waals surface area (Å²) < 4.78 is 40.9. The van der Waals surface area contributed by atoms with Crippen molar-refractivity contribution < 1.29 is 12.8 Å². The van der Waals surface area contributed by atoms with Gasteiger partial charge in [-0.2, -0.15) is 13.8 Å². The summed E-state index contributed by atoms with van der Waals surface area (Å²) in [6, 6.07) is 0. The van der Waals surface area contributed by atoms with Gasteiger partial charge in [0.25, 0.3) is 0 Å². The van der Waals surface area contributed by atoms with Crippen molar-refractivity contribution in [2.45, 2.75) is 38.1 Å². The van der Waals surface area contributed by atoms with Crippen molar-refractivity contribution in [1.29, 1.82) is 0 Å². The van der Waals surface area contributed by atoms with Crippen LogP contribution in [0.3, 0.4) is 0 Å². The van der Waals surface area contributed by atoms with Crippen LogP contribution in [0.25, 0.3) is 0 Å². The second-order valence-electron chi connectivity index (χ2n) is 4.73. The lowest BCUT2D eigenvalue weighted by Crippen LogP contribution is -2.39. The second-order valence-corrected chi connectivity index (χ2v) is 6.63. The molecule has 0 N–H and O–H groups in total. The van der Waals surface area contributed by atoms with E-state index in [2.05, 4.69) is 5.10 Å². The highest BCUT2D eigenvalue weighted by atomic mass is 32.2. The number of piperidine rings is 1. The van der Waals surface area contributed by atoms with E-state index in [0.717, 1.165) is 23.7 Å². The van der Waals surface area contributed by atoms with Crippen LogP contribution in [-0.4, -0.2) is 35.6 Å². The van der Waals surface area contributed by atoms with Gasteiger partial charge in [-0.3, -0.25) is 0 Å². The Kier molecular flexibility index (Phi) is 3.72. The monoisotopic (exact) mass is 275 g/mol. The highest BCUT2D eigenvalue weighted by Gasteiger charge is 2.32. The van der Waals surface area contributed by atoms with Crippen molar-refractivity contribution in [3.63, 3.8) is 0 Å². The molecule has 0 spiro atoms. The van der Waals surface area contributed by atoms with E-state index >= 15 is 0 Å². The van der Waals surface area contributed by atoms with Crippen LogP contribution in [0.2, 0.25) is 0 Å². The van der Waals surface area contributed by atoms with Crippen molar-refractivity contribution in [3.8, 4) is 0 Å². The van der Waals surface area contributed by atoms with Crippen LogP contribution in [0.5, 0.6) is 0 Å². The second kappa shape index (κ2) is 4.97. The van der Waals surface area contributed by atoms with Gasteiger partial charge in [0.05, 0.1) is 6.20 Å². The number of hydrogen-bond acceptors (Lipinski definition) is 3. The van der Waals surface area contributed by atoms with Crippen LogP contribution in [-0.2, 0) is 16.6 Å². The van der Waals surface area contributed by atoms with Crippen LogP contribution >= 0.6 is 0 Å². The maximum atomic E-state index is 13.9. The molecule has 18 heavy (non-hydrogen) atoms. The van der Waals surface area contributed by atoms with Crippen molar-refractivity contribution in [3.05, 3.63) is 12.1 Å². The zero-order valence-corrected chi connectivity index (χ0v) is 11.5. The minimum absolute atomic E-state index is 0.307. The van der Waals surface area contributed by atoms with E-state index in [9.17, 15) is 12.8 Å². The van der Waals surface area contributed by atoms with E-state index < -0.39 is 16.0 Å². The predicted molar refractivity (Wildman–Crippen MR) is 65.0 cm³/mol. The lowest BCUT2D eigenvalue weighted by atomic mass is 10.0. The number of halogens is 1. The molecule has 0 aromatic carbocycles. The Hall–Kier alpha value is -0.950. The molecule has 5 nitrogen and oxygen atoms in total. The minimum atomic E-state index is -3.74. The summed E-state index contributed by atoms with van der Waals surface area (Å²) in [5.41, 5.74) is 0. The van der Waals surface area contributed by atoms with Gasteiger partial charge in [0.15, 0.2) is 4.90 Å². The quantitative estimate of drug-likeness (QED) is 0.839. The maximum absolute atomic E-state index is 13.9. The molecule has 2 heterocycles. The highest BCUT2D eigenvalue weighted by Crippen LogP contribution is 2.24. The molecule has 1 atom stereocenters. The largest absolute Gasteiger partial charge is 0.249 e. The van der Waals surface area contributed by atoms with Crippen LogP contribution in [0.4, 0.5) is 4.39 Å². The molecule has 7 heteroatoms. The van der Waals surface area contributed by atoms with E-state index in [1.165, 1.54) is 4.31 Å². The number of nitrogens with zero attached hydrogens (tertiary/aromatic N) is 3. The molecule has 1 aliphatic heterocycles. The fourth-order valence-corrected chi connectivity index (χ4v) is 3.85. The van der Waals surface area contributed by atoms with Crippen LogP contribution in [0, 0.1) is 11.9 Å². The summed E-state index contributed by atoms with van der Waals surface area (Å²) in [6.07, 6.45) is 2.94. The normalized spacial score (nSPS) is 22.3. The van der Waals surface area contributed by atoms with Crippen molar-refractivity contribution in [2.24, 2.45) is 5.92 Å². The molecule has 102 valence electrons. The van der Waals surface area contributed by atoms with E-state index in [4.69, 9.17) is 0 Å². The summed E-state index contributed by atoms with van der Waals surface area (Å²) in [4.78, 5) is -0.307. The number of rotatable bonds is 3. The number of aryl methyl sites for hydroxylation is 1. The zero-order chi connectivity index (χ0) is 13.3. The summed E-state index contributed by atoms with van der Waals surface area (Å²) >= 11 is 0. The van der Waals surface area contributed by atoms with E-state index in [1.54, 1.807) is 6.92 Å². The van der Waals surface area contributed by atoms with Gasteiger partial charge in [0, 0.05) is 19.6 Å². The fourth-order valence-electron chi connectivity index (χ4n) is 2.25. The Morgan fingerprint density at radius 3 is 2.83 bits per heavy atom. The maximum Gasteiger partial charge on any atom is 0.249 e. The number of aromatic nitrogens is 2. The first-order valence-corrected chi connectivity index (χ1v) is 7.62. The van der Waals surface area contributed by atoms with E-state index in [-0.39, 0.29) is 4.90 Å². The molecule has 1 aromatic rings. The molecule has 1 aliphatic rings. The van der Waals surface area contributed by atoms with Crippen molar-refractivity contribution in [2.75, 3.05) is 13.1 Å². The smallest absolute Gasteiger partial charge is 0.239 e. The lowest BCUT2D eigenvalue weighted by molar-refractivity contribution is 0.280. The molecular weight excluding hydrogens is 257 g/mol. The van der Waals surface area contributed by atoms with Crippen LogP contribution < -0.4 is 0 Å². The third kappa shape index (κ3) is 2.29. The Bertz CT molecular complexity index is 526. The first-order chi connectivity index (χ1) is 8.46. The molecular formula is C11H18FN3O2S. The molecule has 0 bridgehead atoms. The molecule has 0 amide bonds. The number of hydrogen-bond donors (Lipinski definition) is 0. The van der Waals surface area contributed by atoms with Gasteiger partial charge >= 0.3 is 0 Å². The third-order valence-corrected chi connectivity index (χ3v) is 5.12. The molecule has 1 aromatic heterocycles. The molecule has 1 fully saturated rings. The molecule has 1 saturated heterocycles. The predicted octanol–water partition coefficient (Wildman–Crippen LogP) is 1.46. The van der Waals surface area contributed by atoms with Crippen LogP contribution in [0.1, 0.15) is 26.7 Å². The SMILES string of the molecule is CCn1ncc(S(=O)(=O)N2CCC[C@@H](C)C2)c1F. The van der Waals surface area contributed by atoms with Crippen molar-refractivity contribution >= 4 is 10.0 Å². The Balaban J connectivity index is 2.32. The van der Waals surface area contributed by atoms with E-state index in [1.807, 2.05) is 6.92 Å². The lowest BCUT2D eigenvalue weighted by Gasteiger charge is -2.29. The first kappa shape index (κ1) is 13.5. The van der Waals surface area contributed by atoms with Crippen molar-refractivity contribution in [1.82, 2.24) is 14.1 Å². The standard InChI is InChI=1S/C11H18FN3O2S/c1-3-15-11(12)10(7-13-15)18(16,17)14-6-4-5-9(2)8-14/h7,9H,3-6,8H2,1-2H3/t9-/m1/s1. The average molecular weight is 275 g/mol. The molecule has 0 aliphatic carbocycles. The summed E-state index contributed by atoms with van der Waals surface area (Å²) in [6.45, 7) is 4.96. The highest BCUT2D eigenvalue weighted by molar-refractivity contribution is 7.89. The van der Waals surface area contributed by atoms with Gasteiger partial charge in [-0.25, -0.2) is 13.1 Å². The molecule has 0 radical (unpaired) electrons. The van der Waals surface area contributed by atoms with Crippen LogP contribution in [0.15, 0.2) is 11.1 Å². The summed E-state index contributed by atoms with van der Waals surface area (Å²) in [7, 11) is -3.74. The summed E-state index contributed by atoms with van der Waals surface area (Å²) in [5, 5.41) is 3.75. The summed E-state index contributed by atoms with van der Waals surface area (Å²) in [5.74, 6) is -0.450. The van der Waals surface area contributed by atoms with E-state index in [0.29, 0.717) is 25.6 Å². The Morgan fingerprint density at radius 1 is 1.56 bits per heavy atom. The molecule has 0 unspecified atom stereocenters. The minimum Gasteiger partial charge on any atom is -0.239 e. The Labute approximate surface area is 107 Å². The van der Waals surface area contributed by atoms with Gasteiger partial charge in [-0.15, -0.1) is 0 Å². The Morgan fingerprint density at radius 2 is 2.28 bits per heavy atom. The zero-order valence-electron chi connectivity index (χ0n) is 10.6.